The minimum absolute atomic E-state index is 0.264. The summed E-state index contributed by atoms with van der Waals surface area (Å²) in [6.07, 6.45) is 0. The SMILES string of the molecule is Cc1noc(-c2ccc(C#N)cc2)c1N[C@@]1(C)C(=O)N2[C@@H](C(=O)O)C(C)(C)S[C@@H]21. The van der Waals surface area contributed by atoms with Crippen LogP contribution in [0.1, 0.15) is 32.0 Å². The van der Waals surface area contributed by atoms with Gasteiger partial charge in [0.2, 0.25) is 0 Å². The smallest absolute Gasteiger partial charge is 0.327 e. The minimum Gasteiger partial charge on any atom is -0.480 e. The summed E-state index contributed by atoms with van der Waals surface area (Å²) in [5, 5.41) is 25.6. The molecule has 3 atom stereocenters. The van der Waals surface area contributed by atoms with E-state index in [4.69, 9.17) is 9.78 Å². The standard InChI is InChI=1S/C20H20N4O4S/c1-10-13(14(28-23-10)12-7-5-11(9-21)6-8-12)22-20(4)17(27)24-15(16(25)26)19(2,3)29-18(20)24/h5-8,15,18,22H,1-4H3,(H,25,26)/t15-,18+,20-/m0/s1. The Hall–Kier alpha value is -2.99. The summed E-state index contributed by atoms with van der Waals surface area (Å²) >= 11 is 1.47. The van der Waals surface area contributed by atoms with Crippen LogP contribution in [-0.4, -0.2) is 48.7 Å². The number of hydrogen-bond acceptors (Lipinski definition) is 7. The number of nitrogens with one attached hydrogen (secondary N) is 1. The number of carboxylic acids is 1. The predicted octanol–water partition coefficient (Wildman–Crippen LogP) is 2.84. The Morgan fingerprint density at radius 3 is 2.59 bits per heavy atom. The average Bonchev–Trinajstić information content (AvgIpc) is 3.17. The van der Waals surface area contributed by atoms with E-state index in [0.29, 0.717) is 22.7 Å². The van der Waals surface area contributed by atoms with Crippen molar-refractivity contribution in [2.24, 2.45) is 0 Å². The lowest BCUT2D eigenvalue weighted by Gasteiger charge is -2.51. The summed E-state index contributed by atoms with van der Waals surface area (Å²) in [4.78, 5) is 26.2. The number of fused-ring (bicyclic) bond motifs is 1. The molecule has 150 valence electrons. The van der Waals surface area contributed by atoms with Crippen LogP contribution in [0.3, 0.4) is 0 Å². The normalized spacial score (nSPS) is 27.1. The lowest BCUT2D eigenvalue weighted by atomic mass is 9.85. The van der Waals surface area contributed by atoms with Crippen molar-refractivity contribution in [3.8, 4) is 17.4 Å². The number of aromatic nitrogens is 1. The van der Waals surface area contributed by atoms with Crippen molar-refractivity contribution in [1.82, 2.24) is 10.1 Å². The van der Waals surface area contributed by atoms with Crippen LogP contribution in [0.25, 0.3) is 11.3 Å². The van der Waals surface area contributed by atoms with Crippen LogP contribution < -0.4 is 5.32 Å². The zero-order valence-corrected chi connectivity index (χ0v) is 17.2. The number of β-lactam (4-membered cyclic amide) rings is 1. The number of benzene rings is 1. The summed E-state index contributed by atoms with van der Waals surface area (Å²) in [5.41, 5.74) is 1.45. The first-order valence-corrected chi connectivity index (χ1v) is 9.96. The number of thioether (sulfide) groups is 1. The highest BCUT2D eigenvalue weighted by Gasteiger charge is 2.69. The molecule has 0 saturated carbocycles. The molecule has 2 aromatic rings. The Kier molecular flexibility index (Phi) is 4.17. The van der Waals surface area contributed by atoms with Gasteiger partial charge >= 0.3 is 5.97 Å². The topological polar surface area (TPSA) is 119 Å². The molecule has 3 heterocycles. The number of amides is 1. The largest absolute Gasteiger partial charge is 0.480 e. The third-order valence-electron chi connectivity index (χ3n) is 5.53. The van der Waals surface area contributed by atoms with E-state index in [1.165, 1.54) is 16.7 Å². The van der Waals surface area contributed by atoms with Crippen molar-refractivity contribution in [3.63, 3.8) is 0 Å². The number of aryl methyl sites for hydroxylation is 1. The fraction of sp³-hybridized carbons (Fsp3) is 0.400. The van der Waals surface area contributed by atoms with Crippen LogP contribution in [0, 0.1) is 18.3 Å². The Bertz CT molecular complexity index is 1060. The fourth-order valence-electron chi connectivity index (χ4n) is 4.01. The summed E-state index contributed by atoms with van der Waals surface area (Å²) < 4.78 is 4.89. The Morgan fingerprint density at radius 2 is 2.00 bits per heavy atom. The fourth-order valence-corrected chi connectivity index (χ4v) is 5.65. The van der Waals surface area contributed by atoms with E-state index in [1.54, 1.807) is 38.1 Å². The number of nitriles is 1. The van der Waals surface area contributed by atoms with Gasteiger partial charge in [-0.1, -0.05) is 5.16 Å². The van der Waals surface area contributed by atoms with E-state index in [-0.39, 0.29) is 11.3 Å². The van der Waals surface area contributed by atoms with Crippen molar-refractivity contribution in [2.45, 2.75) is 49.4 Å². The van der Waals surface area contributed by atoms with E-state index in [2.05, 4.69) is 16.5 Å². The molecule has 29 heavy (non-hydrogen) atoms. The van der Waals surface area contributed by atoms with Gasteiger partial charge < -0.3 is 19.8 Å². The molecule has 2 aliphatic rings. The highest BCUT2D eigenvalue weighted by Crippen LogP contribution is 2.56. The number of anilines is 1. The molecule has 9 heteroatoms. The maximum Gasteiger partial charge on any atom is 0.327 e. The molecule has 0 radical (unpaired) electrons. The second kappa shape index (κ2) is 6.26. The van der Waals surface area contributed by atoms with Gasteiger partial charge in [-0.2, -0.15) is 5.26 Å². The number of aliphatic carboxylic acids is 1. The number of hydrogen-bond donors (Lipinski definition) is 2. The van der Waals surface area contributed by atoms with E-state index < -0.39 is 22.3 Å². The molecular formula is C20H20N4O4S. The maximum absolute atomic E-state index is 13.0. The lowest BCUT2D eigenvalue weighted by molar-refractivity contribution is -0.163. The summed E-state index contributed by atoms with van der Waals surface area (Å²) in [6.45, 7) is 7.23. The first-order valence-electron chi connectivity index (χ1n) is 9.08. The Balaban J connectivity index is 1.67. The number of carbonyl (C=O) groups is 2. The minimum atomic E-state index is -1.00. The summed E-state index contributed by atoms with van der Waals surface area (Å²) in [6, 6.07) is 8.08. The third kappa shape index (κ3) is 2.70. The molecule has 1 aromatic carbocycles. The van der Waals surface area contributed by atoms with Gasteiger partial charge in [0.15, 0.2) is 5.76 Å². The summed E-state index contributed by atoms with van der Waals surface area (Å²) in [5.74, 6) is -0.796. The van der Waals surface area contributed by atoms with Crippen molar-refractivity contribution < 1.29 is 19.2 Å². The van der Waals surface area contributed by atoms with E-state index in [1.807, 2.05) is 13.8 Å². The van der Waals surface area contributed by atoms with Crippen LogP contribution in [0.2, 0.25) is 0 Å². The van der Waals surface area contributed by atoms with Gasteiger partial charge in [0, 0.05) is 10.3 Å². The Labute approximate surface area is 171 Å². The summed E-state index contributed by atoms with van der Waals surface area (Å²) in [7, 11) is 0. The first-order chi connectivity index (χ1) is 13.6. The second-order valence-electron chi connectivity index (χ2n) is 8.02. The molecule has 8 nitrogen and oxygen atoms in total. The van der Waals surface area contributed by atoms with Crippen LogP contribution in [0.4, 0.5) is 5.69 Å². The van der Waals surface area contributed by atoms with Gasteiger partial charge in [0.05, 0.1) is 11.6 Å². The van der Waals surface area contributed by atoms with Gasteiger partial charge in [-0.15, -0.1) is 11.8 Å². The van der Waals surface area contributed by atoms with Crippen molar-refractivity contribution >= 4 is 29.3 Å². The van der Waals surface area contributed by atoms with Crippen LogP contribution >= 0.6 is 11.8 Å². The van der Waals surface area contributed by atoms with Crippen LogP contribution in [-0.2, 0) is 9.59 Å². The molecule has 2 N–H and O–H groups in total. The van der Waals surface area contributed by atoms with E-state index >= 15 is 0 Å². The quantitative estimate of drug-likeness (QED) is 0.736. The molecule has 0 bridgehead atoms. The van der Waals surface area contributed by atoms with Gasteiger partial charge in [0.1, 0.15) is 28.3 Å². The van der Waals surface area contributed by atoms with E-state index in [0.717, 1.165) is 5.56 Å². The zero-order chi connectivity index (χ0) is 21.1. The molecule has 0 spiro atoms. The maximum atomic E-state index is 13.0. The second-order valence-corrected chi connectivity index (χ2v) is 9.75. The molecule has 0 aliphatic carbocycles. The van der Waals surface area contributed by atoms with Gasteiger partial charge in [-0.05, 0) is 52.0 Å². The van der Waals surface area contributed by atoms with Crippen LogP contribution in [0.5, 0.6) is 0 Å². The highest BCUT2D eigenvalue weighted by atomic mass is 32.2. The van der Waals surface area contributed by atoms with Crippen molar-refractivity contribution in [1.29, 1.82) is 5.26 Å². The van der Waals surface area contributed by atoms with Gasteiger partial charge in [-0.25, -0.2) is 4.79 Å². The van der Waals surface area contributed by atoms with Crippen molar-refractivity contribution in [2.75, 3.05) is 5.32 Å². The molecule has 1 amide bonds. The number of carboxylic acid groups (broad SMARTS) is 1. The number of rotatable bonds is 4. The van der Waals surface area contributed by atoms with Gasteiger partial charge in [0.25, 0.3) is 5.91 Å². The molecule has 0 unspecified atom stereocenters. The predicted molar refractivity (Wildman–Crippen MR) is 107 cm³/mol. The van der Waals surface area contributed by atoms with Gasteiger partial charge in [-0.3, -0.25) is 4.79 Å². The lowest BCUT2D eigenvalue weighted by Crippen LogP contribution is -2.75. The highest BCUT2D eigenvalue weighted by molar-refractivity contribution is 8.01. The van der Waals surface area contributed by atoms with E-state index in [9.17, 15) is 14.7 Å². The molecule has 4 rings (SSSR count). The number of nitrogens with zero attached hydrogens (tertiary/aromatic N) is 3. The van der Waals surface area contributed by atoms with Crippen molar-refractivity contribution in [3.05, 3.63) is 35.5 Å². The third-order valence-corrected chi connectivity index (χ3v) is 7.29. The molecule has 2 saturated heterocycles. The molecule has 1 aromatic heterocycles. The molecular weight excluding hydrogens is 392 g/mol. The van der Waals surface area contributed by atoms with Crippen LogP contribution in [0.15, 0.2) is 28.8 Å². The monoisotopic (exact) mass is 412 g/mol. The Morgan fingerprint density at radius 1 is 1.34 bits per heavy atom. The number of carbonyl (C=O) groups excluding carboxylic acids is 1. The zero-order valence-electron chi connectivity index (χ0n) is 16.4. The molecule has 2 fully saturated rings. The average molecular weight is 412 g/mol. The first kappa shape index (κ1) is 19.3. The molecule has 2 aliphatic heterocycles.